The summed E-state index contributed by atoms with van der Waals surface area (Å²) in [6, 6.07) is 0.500. The van der Waals surface area contributed by atoms with Gasteiger partial charge < -0.3 is 15.3 Å². The van der Waals surface area contributed by atoms with E-state index in [2.05, 4.69) is 24.1 Å². The van der Waals surface area contributed by atoms with Gasteiger partial charge >= 0.3 is 0 Å². The highest BCUT2D eigenvalue weighted by molar-refractivity contribution is 4.83. The van der Waals surface area contributed by atoms with Crippen molar-refractivity contribution in [3.8, 4) is 0 Å². The van der Waals surface area contributed by atoms with Gasteiger partial charge in [-0.3, -0.25) is 0 Å². The van der Waals surface area contributed by atoms with Crippen LogP contribution >= 0.6 is 0 Å². The van der Waals surface area contributed by atoms with E-state index >= 15 is 0 Å². The lowest BCUT2D eigenvalue weighted by Gasteiger charge is -2.22. The minimum Gasteiger partial charge on any atom is -0.392 e. The van der Waals surface area contributed by atoms with Crippen LogP contribution in [-0.2, 0) is 0 Å². The Labute approximate surface area is 74.8 Å². The predicted octanol–water partition coefficient (Wildman–Crippen LogP) is 0.0510. The lowest BCUT2D eigenvalue weighted by atomic mass is 10.2. The molecule has 1 aliphatic rings. The fourth-order valence-corrected chi connectivity index (χ4v) is 1.73. The highest BCUT2D eigenvalue weighted by Gasteiger charge is 2.22. The first-order valence-corrected chi connectivity index (χ1v) is 4.90. The second kappa shape index (κ2) is 4.80. The molecule has 0 aromatic heterocycles. The summed E-state index contributed by atoms with van der Waals surface area (Å²) in [5.41, 5.74) is 0. The number of rotatable bonds is 4. The van der Waals surface area contributed by atoms with Gasteiger partial charge in [-0.25, -0.2) is 0 Å². The third kappa shape index (κ3) is 2.73. The Bertz CT molecular complexity index is 126. The molecule has 0 aliphatic carbocycles. The molecule has 2 unspecified atom stereocenters. The van der Waals surface area contributed by atoms with Crippen molar-refractivity contribution in [2.24, 2.45) is 0 Å². The Hall–Kier alpha value is -0.120. The van der Waals surface area contributed by atoms with Crippen LogP contribution in [0, 0.1) is 0 Å². The molecule has 1 saturated heterocycles. The predicted molar refractivity (Wildman–Crippen MR) is 50.2 cm³/mol. The largest absolute Gasteiger partial charge is 0.392 e. The zero-order valence-corrected chi connectivity index (χ0v) is 8.08. The van der Waals surface area contributed by atoms with Gasteiger partial charge in [0.15, 0.2) is 0 Å². The monoisotopic (exact) mass is 172 g/mol. The fraction of sp³-hybridized carbons (Fsp3) is 1.00. The molecule has 1 rings (SSSR count). The standard InChI is InChI=1S/C9H20N2O/c1-3-11(4-2)7-8-5-9(12)6-10-8/h8-10,12H,3-7H2,1-2H3. The smallest absolute Gasteiger partial charge is 0.0680 e. The molecule has 0 saturated carbocycles. The van der Waals surface area contributed by atoms with E-state index in [1.54, 1.807) is 0 Å². The second-order valence-electron chi connectivity index (χ2n) is 3.48. The van der Waals surface area contributed by atoms with E-state index in [1.807, 2.05) is 0 Å². The minimum absolute atomic E-state index is 0.120. The van der Waals surface area contributed by atoms with Crippen LogP contribution in [0.4, 0.5) is 0 Å². The van der Waals surface area contributed by atoms with Crippen molar-refractivity contribution in [2.75, 3.05) is 26.2 Å². The number of hydrogen-bond donors (Lipinski definition) is 2. The van der Waals surface area contributed by atoms with Crippen molar-refractivity contribution < 1.29 is 5.11 Å². The van der Waals surface area contributed by atoms with E-state index in [1.165, 1.54) is 0 Å². The summed E-state index contributed by atoms with van der Waals surface area (Å²) in [5.74, 6) is 0. The summed E-state index contributed by atoms with van der Waals surface area (Å²) in [4.78, 5) is 2.38. The van der Waals surface area contributed by atoms with E-state index < -0.39 is 0 Å². The first-order valence-electron chi connectivity index (χ1n) is 4.90. The molecule has 1 aliphatic heterocycles. The molecular formula is C9H20N2O. The third-order valence-corrected chi connectivity index (χ3v) is 2.57. The second-order valence-corrected chi connectivity index (χ2v) is 3.48. The lowest BCUT2D eigenvalue weighted by molar-refractivity contribution is 0.188. The van der Waals surface area contributed by atoms with Gasteiger partial charge in [0.05, 0.1) is 6.10 Å². The Morgan fingerprint density at radius 2 is 2.08 bits per heavy atom. The van der Waals surface area contributed by atoms with Gasteiger partial charge in [-0.2, -0.15) is 0 Å². The number of β-amino-alcohol motifs (C(OH)–C–C–N with tert-alkyl or cyclic N) is 1. The van der Waals surface area contributed by atoms with Crippen LogP contribution in [0.25, 0.3) is 0 Å². The van der Waals surface area contributed by atoms with E-state index in [4.69, 9.17) is 0 Å². The number of hydrogen-bond acceptors (Lipinski definition) is 3. The Kier molecular flexibility index (Phi) is 3.98. The van der Waals surface area contributed by atoms with Crippen LogP contribution in [0.15, 0.2) is 0 Å². The molecule has 2 atom stereocenters. The maximum Gasteiger partial charge on any atom is 0.0680 e. The highest BCUT2D eigenvalue weighted by atomic mass is 16.3. The average Bonchev–Trinajstić information content (AvgIpc) is 2.47. The third-order valence-electron chi connectivity index (χ3n) is 2.57. The van der Waals surface area contributed by atoms with Crippen LogP contribution in [0.5, 0.6) is 0 Å². The molecule has 0 radical (unpaired) electrons. The van der Waals surface area contributed by atoms with Crippen LogP contribution in [0.3, 0.4) is 0 Å². The zero-order chi connectivity index (χ0) is 8.97. The molecule has 0 aromatic rings. The first-order chi connectivity index (χ1) is 5.76. The summed E-state index contributed by atoms with van der Waals surface area (Å²) in [5, 5.41) is 12.6. The number of aliphatic hydroxyl groups is 1. The molecule has 1 fully saturated rings. The van der Waals surface area contributed by atoms with Gasteiger partial charge in [0, 0.05) is 19.1 Å². The average molecular weight is 172 g/mol. The van der Waals surface area contributed by atoms with Gasteiger partial charge in [0.2, 0.25) is 0 Å². The van der Waals surface area contributed by atoms with E-state index in [0.717, 1.165) is 32.6 Å². The summed E-state index contributed by atoms with van der Waals surface area (Å²) >= 11 is 0. The molecule has 3 heteroatoms. The number of likely N-dealkylation sites (N-methyl/N-ethyl adjacent to an activating group) is 1. The van der Waals surface area contributed by atoms with Crippen LogP contribution in [0.1, 0.15) is 20.3 Å². The summed E-state index contributed by atoms with van der Waals surface area (Å²) < 4.78 is 0. The number of nitrogens with one attached hydrogen (secondary N) is 1. The molecular weight excluding hydrogens is 152 g/mol. The van der Waals surface area contributed by atoms with Gasteiger partial charge in [0.25, 0.3) is 0 Å². The molecule has 12 heavy (non-hydrogen) atoms. The molecule has 0 spiro atoms. The SMILES string of the molecule is CCN(CC)CC1CC(O)CN1. The lowest BCUT2D eigenvalue weighted by Crippen LogP contribution is -2.37. The fourth-order valence-electron chi connectivity index (χ4n) is 1.73. The maximum absolute atomic E-state index is 9.28. The molecule has 2 N–H and O–H groups in total. The van der Waals surface area contributed by atoms with Crippen molar-refractivity contribution in [3.63, 3.8) is 0 Å². The highest BCUT2D eigenvalue weighted by Crippen LogP contribution is 2.07. The Morgan fingerprint density at radius 1 is 1.42 bits per heavy atom. The summed E-state index contributed by atoms with van der Waals surface area (Å²) in [6.45, 7) is 8.40. The minimum atomic E-state index is -0.120. The number of aliphatic hydroxyl groups excluding tert-OH is 1. The van der Waals surface area contributed by atoms with Gasteiger partial charge in [-0.15, -0.1) is 0 Å². The van der Waals surface area contributed by atoms with Gasteiger partial charge in [-0.1, -0.05) is 13.8 Å². The number of nitrogens with zero attached hydrogens (tertiary/aromatic N) is 1. The van der Waals surface area contributed by atoms with Crippen molar-refractivity contribution >= 4 is 0 Å². The van der Waals surface area contributed by atoms with Crippen molar-refractivity contribution in [2.45, 2.75) is 32.4 Å². The molecule has 0 bridgehead atoms. The Balaban J connectivity index is 2.21. The topological polar surface area (TPSA) is 35.5 Å². The van der Waals surface area contributed by atoms with Crippen LogP contribution in [0.2, 0.25) is 0 Å². The van der Waals surface area contributed by atoms with Crippen LogP contribution in [-0.4, -0.2) is 48.3 Å². The first kappa shape index (κ1) is 9.96. The van der Waals surface area contributed by atoms with Gasteiger partial charge in [-0.05, 0) is 19.5 Å². The van der Waals surface area contributed by atoms with Gasteiger partial charge in [0.1, 0.15) is 0 Å². The summed E-state index contributed by atoms with van der Waals surface area (Å²) in [6.07, 6.45) is 0.793. The molecule has 3 nitrogen and oxygen atoms in total. The maximum atomic E-state index is 9.28. The Morgan fingerprint density at radius 3 is 2.50 bits per heavy atom. The molecule has 1 heterocycles. The molecule has 72 valence electrons. The molecule has 0 aromatic carbocycles. The zero-order valence-electron chi connectivity index (χ0n) is 8.08. The van der Waals surface area contributed by atoms with Crippen molar-refractivity contribution in [1.82, 2.24) is 10.2 Å². The van der Waals surface area contributed by atoms with E-state index in [9.17, 15) is 5.11 Å². The van der Waals surface area contributed by atoms with Crippen molar-refractivity contribution in [3.05, 3.63) is 0 Å². The summed E-state index contributed by atoms with van der Waals surface area (Å²) in [7, 11) is 0. The normalized spacial score (nSPS) is 30.0. The quantitative estimate of drug-likeness (QED) is 0.629. The van der Waals surface area contributed by atoms with Crippen molar-refractivity contribution in [1.29, 1.82) is 0 Å². The van der Waals surface area contributed by atoms with E-state index in [-0.39, 0.29) is 6.10 Å². The molecule has 0 amide bonds. The van der Waals surface area contributed by atoms with Crippen LogP contribution < -0.4 is 5.32 Å². The van der Waals surface area contributed by atoms with E-state index in [0.29, 0.717) is 6.04 Å².